The summed E-state index contributed by atoms with van der Waals surface area (Å²) in [6.07, 6.45) is 2.73. The zero-order chi connectivity index (χ0) is 15.2. The number of benzene rings is 1. The van der Waals surface area contributed by atoms with Crippen LogP contribution >= 0.6 is 11.6 Å². The van der Waals surface area contributed by atoms with Crippen LogP contribution in [0.1, 0.15) is 32.3 Å². The second-order valence-corrected chi connectivity index (χ2v) is 6.57. The molecule has 0 heterocycles. The molecule has 3 nitrogen and oxygen atoms in total. The zero-order valence-corrected chi connectivity index (χ0v) is 14.1. The first-order valence-corrected chi connectivity index (χ1v) is 8.24. The van der Waals surface area contributed by atoms with E-state index in [2.05, 4.69) is 36.2 Å². The summed E-state index contributed by atoms with van der Waals surface area (Å²) in [5, 5.41) is 4.24. The highest BCUT2D eigenvalue weighted by Crippen LogP contribution is 2.34. The highest BCUT2D eigenvalue weighted by molar-refractivity contribution is 6.30. The summed E-state index contributed by atoms with van der Waals surface area (Å²) in [6.45, 7) is 8.10. The molecule has 1 aromatic carbocycles. The molecule has 0 aromatic heterocycles. The van der Waals surface area contributed by atoms with Gasteiger partial charge in [-0.2, -0.15) is 0 Å². The number of halogens is 1. The Morgan fingerprint density at radius 1 is 1.38 bits per heavy atom. The lowest BCUT2D eigenvalue weighted by molar-refractivity contribution is 0.199. The van der Waals surface area contributed by atoms with Crippen LogP contribution in [0.3, 0.4) is 0 Å². The fourth-order valence-corrected chi connectivity index (χ4v) is 2.68. The zero-order valence-electron chi connectivity index (χ0n) is 13.4. The van der Waals surface area contributed by atoms with Crippen molar-refractivity contribution in [1.82, 2.24) is 5.32 Å². The number of methoxy groups -OCH3 is 1. The predicted octanol–water partition coefficient (Wildman–Crippen LogP) is 3.70. The average Bonchev–Trinajstić information content (AvgIpc) is 3.26. The predicted molar refractivity (Wildman–Crippen MR) is 90.2 cm³/mol. The summed E-state index contributed by atoms with van der Waals surface area (Å²) >= 11 is 6.23. The molecule has 0 saturated heterocycles. The van der Waals surface area contributed by atoms with Crippen LogP contribution in [0, 0.1) is 5.92 Å². The Labute approximate surface area is 133 Å². The Balaban J connectivity index is 2.11. The molecule has 1 aromatic rings. The Kier molecular flexibility index (Phi) is 6.34. The number of nitrogens with zero attached hydrogens (tertiary/aromatic N) is 1. The summed E-state index contributed by atoms with van der Waals surface area (Å²) in [5.41, 5.74) is 2.58. The largest absolute Gasteiger partial charge is 0.383 e. The maximum atomic E-state index is 6.23. The molecular formula is C17H27ClN2O. The molecule has 1 saturated carbocycles. The third-order valence-electron chi connectivity index (χ3n) is 3.93. The summed E-state index contributed by atoms with van der Waals surface area (Å²) < 4.78 is 5.08. The van der Waals surface area contributed by atoms with Gasteiger partial charge in [0.1, 0.15) is 0 Å². The van der Waals surface area contributed by atoms with E-state index in [0.29, 0.717) is 6.04 Å². The molecule has 1 aliphatic rings. The summed E-state index contributed by atoms with van der Waals surface area (Å²) in [7, 11) is 1.73. The molecule has 0 unspecified atom stereocenters. The molecule has 0 bridgehead atoms. The summed E-state index contributed by atoms with van der Waals surface area (Å²) in [4.78, 5) is 2.50. The molecule has 0 atom stereocenters. The number of nitrogens with one attached hydrogen (secondary N) is 1. The van der Waals surface area contributed by atoms with Crippen LogP contribution in [0.5, 0.6) is 0 Å². The van der Waals surface area contributed by atoms with E-state index in [1.54, 1.807) is 7.11 Å². The molecule has 118 valence electrons. The number of hydrogen-bond acceptors (Lipinski definition) is 3. The molecule has 21 heavy (non-hydrogen) atoms. The van der Waals surface area contributed by atoms with E-state index in [4.69, 9.17) is 16.3 Å². The van der Waals surface area contributed by atoms with Gasteiger partial charge in [-0.25, -0.2) is 0 Å². The highest BCUT2D eigenvalue weighted by atomic mass is 35.5. The van der Waals surface area contributed by atoms with Crippen molar-refractivity contribution in [3.8, 4) is 0 Å². The minimum atomic E-state index is 0.488. The standard InChI is InChI=1S/C17H27ClN2O/c1-13(2)20(12-14-4-5-14)17-10-16(18)7-6-15(17)11-19-8-9-21-3/h6-7,10,13-14,19H,4-5,8-9,11-12H2,1-3H3. The third kappa shape index (κ3) is 5.17. The minimum Gasteiger partial charge on any atom is -0.383 e. The van der Waals surface area contributed by atoms with E-state index in [-0.39, 0.29) is 0 Å². The highest BCUT2D eigenvalue weighted by Gasteiger charge is 2.26. The van der Waals surface area contributed by atoms with E-state index in [1.165, 1.54) is 24.1 Å². The molecule has 0 radical (unpaired) electrons. The Morgan fingerprint density at radius 3 is 2.76 bits per heavy atom. The van der Waals surface area contributed by atoms with Gasteiger partial charge in [-0.3, -0.25) is 0 Å². The quantitative estimate of drug-likeness (QED) is 0.704. The van der Waals surface area contributed by atoms with E-state index in [0.717, 1.165) is 37.2 Å². The van der Waals surface area contributed by atoms with Gasteiger partial charge in [-0.15, -0.1) is 0 Å². The van der Waals surface area contributed by atoms with Crippen LogP contribution in [0.25, 0.3) is 0 Å². The van der Waals surface area contributed by atoms with Crippen LogP contribution < -0.4 is 10.2 Å². The van der Waals surface area contributed by atoms with Crippen LogP contribution in [-0.2, 0) is 11.3 Å². The van der Waals surface area contributed by atoms with Gasteiger partial charge >= 0.3 is 0 Å². The lowest BCUT2D eigenvalue weighted by Gasteiger charge is -2.31. The third-order valence-corrected chi connectivity index (χ3v) is 4.17. The lowest BCUT2D eigenvalue weighted by Crippen LogP contribution is -2.34. The Morgan fingerprint density at radius 2 is 2.14 bits per heavy atom. The Hall–Kier alpha value is -0.770. The number of rotatable bonds is 9. The molecule has 2 rings (SSSR count). The SMILES string of the molecule is COCCNCc1ccc(Cl)cc1N(CC1CC1)C(C)C. The molecule has 1 fully saturated rings. The van der Waals surface area contributed by atoms with Crippen LogP contribution in [-0.4, -0.2) is 32.8 Å². The van der Waals surface area contributed by atoms with Crippen LogP contribution in [0.2, 0.25) is 5.02 Å². The average molecular weight is 311 g/mol. The second kappa shape index (κ2) is 8.02. The first-order chi connectivity index (χ1) is 10.1. The van der Waals surface area contributed by atoms with Crippen molar-refractivity contribution in [2.75, 3.05) is 31.7 Å². The molecule has 4 heteroatoms. The van der Waals surface area contributed by atoms with Gasteiger partial charge in [-0.05, 0) is 50.3 Å². The van der Waals surface area contributed by atoms with Crippen LogP contribution in [0.4, 0.5) is 5.69 Å². The number of ether oxygens (including phenoxy) is 1. The van der Waals surface area contributed by atoms with E-state index >= 15 is 0 Å². The second-order valence-electron chi connectivity index (χ2n) is 6.13. The maximum absolute atomic E-state index is 6.23. The van der Waals surface area contributed by atoms with E-state index in [9.17, 15) is 0 Å². The molecule has 1 aliphatic carbocycles. The van der Waals surface area contributed by atoms with Gasteiger partial charge in [0, 0.05) is 43.5 Å². The van der Waals surface area contributed by atoms with Gasteiger partial charge in [0.25, 0.3) is 0 Å². The van der Waals surface area contributed by atoms with Crippen molar-refractivity contribution in [2.45, 2.75) is 39.3 Å². The topological polar surface area (TPSA) is 24.5 Å². The van der Waals surface area contributed by atoms with Crippen molar-refractivity contribution in [2.24, 2.45) is 5.92 Å². The first kappa shape index (κ1) is 16.6. The van der Waals surface area contributed by atoms with Gasteiger partial charge in [0.2, 0.25) is 0 Å². The first-order valence-electron chi connectivity index (χ1n) is 7.86. The van der Waals surface area contributed by atoms with Crippen molar-refractivity contribution in [3.63, 3.8) is 0 Å². The van der Waals surface area contributed by atoms with E-state index < -0.39 is 0 Å². The Bertz CT molecular complexity index is 446. The molecule has 1 N–H and O–H groups in total. The molecule has 0 spiro atoms. The van der Waals surface area contributed by atoms with Crippen molar-refractivity contribution >= 4 is 17.3 Å². The van der Waals surface area contributed by atoms with Gasteiger partial charge in [0.15, 0.2) is 0 Å². The van der Waals surface area contributed by atoms with Gasteiger partial charge < -0.3 is 15.0 Å². The summed E-state index contributed by atoms with van der Waals surface area (Å²) in [6, 6.07) is 6.71. The molecular weight excluding hydrogens is 284 g/mol. The van der Waals surface area contributed by atoms with Crippen molar-refractivity contribution < 1.29 is 4.74 Å². The fraction of sp³-hybridized carbons (Fsp3) is 0.647. The van der Waals surface area contributed by atoms with Crippen LogP contribution in [0.15, 0.2) is 18.2 Å². The smallest absolute Gasteiger partial charge is 0.0587 e. The number of anilines is 1. The summed E-state index contributed by atoms with van der Waals surface area (Å²) in [5.74, 6) is 0.862. The monoisotopic (exact) mass is 310 g/mol. The molecule has 0 aliphatic heterocycles. The van der Waals surface area contributed by atoms with Crippen molar-refractivity contribution in [1.29, 1.82) is 0 Å². The number of hydrogen-bond donors (Lipinski definition) is 1. The van der Waals surface area contributed by atoms with Gasteiger partial charge in [-0.1, -0.05) is 17.7 Å². The normalized spacial score (nSPS) is 14.7. The molecule has 0 amide bonds. The lowest BCUT2D eigenvalue weighted by atomic mass is 10.1. The minimum absolute atomic E-state index is 0.488. The van der Waals surface area contributed by atoms with Crippen molar-refractivity contribution in [3.05, 3.63) is 28.8 Å². The fourth-order valence-electron chi connectivity index (χ4n) is 2.52. The van der Waals surface area contributed by atoms with E-state index in [1.807, 2.05) is 6.07 Å². The van der Waals surface area contributed by atoms with Gasteiger partial charge in [0.05, 0.1) is 6.61 Å². The maximum Gasteiger partial charge on any atom is 0.0587 e.